The summed E-state index contributed by atoms with van der Waals surface area (Å²) in [6.07, 6.45) is 0. The maximum Gasteiger partial charge on any atom is 0.180 e. The van der Waals surface area contributed by atoms with Crippen molar-refractivity contribution in [1.82, 2.24) is 5.32 Å². The molecule has 1 N–H and O–H groups in total. The molecule has 1 aliphatic heterocycles. The fourth-order valence-electron chi connectivity index (χ4n) is 1.99. The van der Waals surface area contributed by atoms with Gasteiger partial charge in [-0.2, -0.15) is 0 Å². The van der Waals surface area contributed by atoms with Crippen LogP contribution in [0.4, 0.5) is 0 Å². The van der Waals surface area contributed by atoms with E-state index in [0.29, 0.717) is 4.90 Å². The van der Waals surface area contributed by atoms with Crippen LogP contribution in [0.25, 0.3) is 0 Å². The number of hydrogen-bond acceptors (Lipinski definition) is 3. The molecule has 0 bridgehead atoms. The molecule has 0 saturated carbocycles. The van der Waals surface area contributed by atoms with E-state index in [0.717, 1.165) is 5.56 Å². The number of sulfone groups is 1. The summed E-state index contributed by atoms with van der Waals surface area (Å²) in [5.41, 5.74) is 0.909. The maximum atomic E-state index is 11.8. The lowest BCUT2D eigenvalue weighted by atomic mass is 10.1. The molecular formula is C11H15NO2S. The van der Waals surface area contributed by atoms with E-state index in [2.05, 4.69) is 5.32 Å². The summed E-state index contributed by atoms with van der Waals surface area (Å²) in [4.78, 5) is 0.489. The summed E-state index contributed by atoms with van der Waals surface area (Å²) < 4.78 is 23.6. The van der Waals surface area contributed by atoms with Gasteiger partial charge in [0.15, 0.2) is 9.84 Å². The van der Waals surface area contributed by atoms with Crippen LogP contribution in [0.1, 0.15) is 25.5 Å². The van der Waals surface area contributed by atoms with Crippen LogP contribution in [0.5, 0.6) is 0 Å². The normalized spacial score (nSPS) is 23.0. The standard InChI is InChI=1S/C11H15NO2S/c1-8(2)12-10-7-15(13,14)11-6-4-3-5-9(10)11/h3-6,8,10,12H,7H2,1-2H3. The molecule has 0 spiro atoms. The Labute approximate surface area is 90.4 Å². The van der Waals surface area contributed by atoms with Gasteiger partial charge in [0.25, 0.3) is 0 Å². The fourth-order valence-corrected chi connectivity index (χ4v) is 3.74. The first-order valence-electron chi connectivity index (χ1n) is 5.08. The average molecular weight is 225 g/mol. The van der Waals surface area contributed by atoms with Gasteiger partial charge in [0.05, 0.1) is 10.6 Å². The van der Waals surface area contributed by atoms with E-state index in [-0.39, 0.29) is 17.8 Å². The summed E-state index contributed by atoms with van der Waals surface area (Å²) >= 11 is 0. The van der Waals surface area contributed by atoms with Gasteiger partial charge in [0.1, 0.15) is 0 Å². The molecule has 2 rings (SSSR count). The van der Waals surface area contributed by atoms with Crippen molar-refractivity contribution in [3.8, 4) is 0 Å². The molecule has 82 valence electrons. The van der Waals surface area contributed by atoms with E-state index in [1.54, 1.807) is 12.1 Å². The molecule has 0 saturated heterocycles. The molecule has 0 fully saturated rings. The molecule has 1 aromatic rings. The van der Waals surface area contributed by atoms with E-state index in [9.17, 15) is 8.42 Å². The Hall–Kier alpha value is -0.870. The van der Waals surface area contributed by atoms with Crippen LogP contribution in [-0.4, -0.2) is 20.2 Å². The zero-order chi connectivity index (χ0) is 11.1. The molecule has 0 aliphatic carbocycles. The van der Waals surface area contributed by atoms with Crippen LogP contribution < -0.4 is 5.32 Å². The van der Waals surface area contributed by atoms with E-state index >= 15 is 0 Å². The van der Waals surface area contributed by atoms with Gasteiger partial charge in [0.2, 0.25) is 0 Å². The SMILES string of the molecule is CC(C)NC1CS(=O)(=O)c2ccccc21. The number of nitrogens with one attached hydrogen (secondary N) is 1. The van der Waals surface area contributed by atoms with E-state index in [1.807, 2.05) is 26.0 Å². The van der Waals surface area contributed by atoms with Gasteiger partial charge in [-0.05, 0) is 11.6 Å². The Kier molecular flexibility index (Phi) is 2.56. The van der Waals surface area contributed by atoms with Gasteiger partial charge < -0.3 is 5.32 Å². The number of hydrogen-bond donors (Lipinski definition) is 1. The minimum absolute atomic E-state index is 0.0498. The summed E-state index contributed by atoms with van der Waals surface area (Å²) in [5.74, 6) is 0.185. The summed E-state index contributed by atoms with van der Waals surface area (Å²) in [6.45, 7) is 4.04. The molecule has 1 aliphatic rings. The summed E-state index contributed by atoms with van der Waals surface area (Å²) in [5, 5.41) is 3.27. The zero-order valence-electron chi connectivity index (χ0n) is 8.90. The lowest BCUT2D eigenvalue weighted by molar-refractivity contribution is 0.508. The van der Waals surface area contributed by atoms with Crippen LogP contribution in [0.15, 0.2) is 29.2 Å². The molecule has 3 nitrogen and oxygen atoms in total. The molecule has 0 amide bonds. The summed E-state index contributed by atoms with van der Waals surface area (Å²) in [7, 11) is -3.06. The number of rotatable bonds is 2. The molecule has 4 heteroatoms. The molecule has 15 heavy (non-hydrogen) atoms. The third-order valence-electron chi connectivity index (χ3n) is 2.55. The number of benzene rings is 1. The quantitative estimate of drug-likeness (QED) is 0.830. The minimum Gasteiger partial charge on any atom is -0.307 e. The van der Waals surface area contributed by atoms with E-state index in [1.165, 1.54) is 0 Å². The highest BCUT2D eigenvalue weighted by atomic mass is 32.2. The van der Waals surface area contributed by atoms with Crippen molar-refractivity contribution >= 4 is 9.84 Å². The molecule has 1 heterocycles. The zero-order valence-corrected chi connectivity index (χ0v) is 9.71. The second kappa shape index (κ2) is 3.61. The Morgan fingerprint density at radius 3 is 2.67 bits per heavy atom. The largest absolute Gasteiger partial charge is 0.307 e. The second-order valence-electron chi connectivity index (χ2n) is 4.19. The van der Waals surface area contributed by atoms with Crippen LogP contribution in [0.3, 0.4) is 0 Å². The van der Waals surface area contributed by atoms with Gasteiger partial charge in [-0.3, -0.25) is 0 Å². The number of fused-ring (bicyclic) bond motifs is 1. The van der Waals surface area contributed by atoms with Crippen molar-refractivity contribution in [2.24, 2.45) is 0 Å². The fraction of sp³-hybridized carbons (Fsp3) is 0.455. The molecule has 1 atom stereocenters. The predicted molar refractivity (Wildman–Crippen MR) is 59.5 cm³/mol. The molecule has 0 aromatic heterocycles. The Bertz CT molecular complexity index is 465. The predicted octanol–water partition coefficient (Wildman–Crippen LogP) is 1.51. The lowest BCUT2D eigenvalue weighted by Crippen LogP contribution is -2.29. The molecule has 0 radical (unpaired) electrons. The van der Waals surface area contributed by atoms with Crippen molar-refractivity contribution in [2.75, 3.05) is 5.75 Å². The highest BCUT2D eigenvalue weighted by molar-refractivity contribution is 7.91. The third-order valence-corrected chi connectivity index (χ3v) is 4.36. The van der Waals surface area contributed by atoms with Crippen molar-refractivity contribution in [3.05, 3.63) is 29.8 Å². The van der Waals surface area contributed by atoms with E-state index < -0.39 is 9.84 Å². The first-order valence-corrected chi connectivity index (χ1v) is 6.73. The van der Waals surface area contributed by atoms with Crippen LogP contribution in [0.2, 0.25) is 0 Å². The van der Waals surface area contributed by atoms with Gasteiger partial charge in [0, 0.05) is 12.1 Å². The highest BCUT2D eigenvalue weighted by Gasteiger charge is 2.34. The van der Waals surface area contributed by atoms with Crippen LogP contribution in [0, 0.1) is 0 Å². The van der Waals surface area contributed by atoms with Gasteiger partial charge in [-0.25, -0.2) is 8.42 Å². The Morgan fingerprint density at radius 2 is 2.00 bits per heavy atom. The Balaban J connectivity index is 2.43. The topological polar surface area (TPSA) is 46.2 Å². The Morgan fingerprint density at radius 1 is 1.33 bits per heavy atom. The van der Waals surface area contributed by atoms with Gasteiger partial charge in [-0.15, -0.1) is 0 Å². The van der Waals surface area contributed by atoms with Crippen molar-refractivity contribution in [3.63, 3.8) is 0 Å². The molecular weight excluding hydrogens is 210 g/mol. The summed E-state index contributed by atoms with van der Waals surface area (Å²) in [6, 6.07) is 7.47. The second-order valence-corrected chi connectivity index (χ2v) is 6.20. The van der Waals surface area contributed by atoms with Crippen molar-refractivity contribution in [1.29, 1.82) is 0 Å². The maximum absolute atomic E-state index is 11.8. The van der Waals surface area contributed by atoms with E-state index in [4.69, 9.17) is 0 Å². The van der Waals surface area contributed by atoms with Gasteiger partial charge >= 0.3 is 0 Å². The molecule has 1 unspecified atom stereocenters. The van der Waals surface area contributed by atoms with Crippen molar-refractivity contribution < 1.29 is 8.42 Å². The third kappa shape index (κ3) is 1.92. The smallest absolute Gasteiger partial charge is 0.180 e. The average Bonchev–Trinajstić information content (AvgIpc) is 2.39. The monoisotopic (exact) mass is 225 g/mol. The minimum atomic E-state index is -3.06. The van der Waals surface area contributed by atoms with Crippen LogP contribution >= 0.6 is 0 Å². The highest BCUT2D eigenvalue weighted by Crippen LogP contribution is 2.33. The first-order chi connectivity index (χ1) is 7.00. The first kappa shape index (κ1) is 10.6. The van der Waals surface area contributed by atoms with Crippen LogP contribution in [-0.2, 0) is 9.84 Å². The molecule has 1 aromatic carbocycles. The van der Waals surface area contributed by atoms with Crippen molar-refractivity contribution in [2.45, 2.75) is 30.8 Å². The van der Waals surface area contributed by atoms with Gasteiger partial charge in [-0.1, -0.05) is 32.0 Å². The lowest BCUT2D eigenvalue weighted by Gasteiger charge is -2.15.